The van der Waals surface area contributed by atoms with Crippen molar-refractivity contribution in [2.45, 2.75) is 38.5 Å². The lowest BCUT2D eigenvalue weighted by molar-refractivity contribution is 0.0948. The number of amides is 2. The molecule has 0 aromatic carbocycles. The number of carbonyl (C=O) groups excluding carboxylic acids is 2. The highest BCUT2D eigenvalue weighted by Gasteiger charge is 2.11. The lowest BCUT2D eigenvalue weighted by Gasteiger charge is -2.13. The molecule has 1 aromatic rings. The Balaban J connectivity index is 1.81. The molecule has 0 saturated carbocycles. The van der Waals surface area contributed by atoms with Gasteiger partial charge in [-0.25, -0.2) is 0 Å². The molecule has 0 unspecified atom stereocenters. The molecule has 0 saturated heterocycles. The van der Waals surface area contributed by atoms with Crippen LogP contribution in [0.25, 0.3) is 0 Å². The molecule has 0 aliphatic heterocycles. The molecule has 1 aliphatic carbocycles. The van der Waals surface area contributed by atoms with E-state index in [0.29, 0.717) is 30.8 Å². The van der Waals surface area contributed by atoms with E-state index in [9.17, 15) is 9.59 Å². The van der Waals surface area contributed by atoms with Gasteiger partial charge >= 0.3 is 0 Å². The molecule has 136 valence electrons. The number of rotatable bonds is 9. The number of methoxy groups -OCH3 is 1. The fraction of sp³-hybridized carbons (Fsp3) is 0.526. The predicted molar refractivity (Wildman–Crippen MR) is 96.6 cm³/mol. The number of nitrogens with one attached hydrogen (secondary N) is 2. The Hall–Kier alpha value is -2.21. The lowest BCUT2D eigenvalue weighted by atomic mass is 9.97. The maximum absolute atomic E-state index is 12.2. The number of aromatic nitrogens is 1. The molecule has 0 spiro atoms. The van der Waals surface area contributed by atoms with Crippen LogP contribution in [0.3, 0.4) is 0 Å². The number of pyridine rings is 1. The Morgan fingerprint density at radius 3 is 2.48 bits per heavy atom. The Kier molecular flexibility index (Phi) is 8.12. The van der Waals surface area contributed by atoms with Crippen LogP contribution in [0.2, 0.25) is 0 Å². The standard InChI is InChI=1S/C19H27N3O3/c1-25-11-5-9-21-18(23)16-12-17(14-20-13-16)19(24)22-10-8-15-6-3-2-4-7-15/h6,12-14H,2-5,7-11H2,1H3,(H,21,23)(H,22,24). The summed E-state index contributed by atoms with van der Waals surface area (Å²) in [5.74, 6) is -0.427. The van der Waals surface area contributed by atoms with Crippen LogP contribution in [0.4, 0.5) is 0 Å². The molecule has 25 heavy (non-hydrogen) atoms. The van der Waals surface area contributed by atoms with E-state index in [1.807, 2.05) is 0 Å². The number of hydrogen-bond donors (Lipinski definition) is 2. The summed E-state index contributed by atoms with van der Waals surface area (Å²) in [6, 6.07) is 1.58. The van der Waals surface area contributed by atoms with Crippen molar-refractivity contribution in [1.82, 2.24) is 15.6 Å². The van der Waals surface area contributed by atoms with Gasteiger partial charge in [0, 0.05) is 39.2 Å². The molecule has 0 radical (unpaired) electrons. The summed E-state index contributed by atoms with van der Waals surface area (Å²) in [5.41, 5.74) is 2.22. The van der Waals surface area contributed by atoms with E-state index >= 15 is 0 Å². The molecule has 0 fully saturated rings. The summed E-state index contributed by atoms with van der Waals surface area (Å²) < 4.78 is 4.94. The van der Waals surface area contributed by atoms with E-state index in [-0.39, 0.29) is 11.8 Å². The minimum Gasteiger partial charge on any atom is -0.385 e. The SMILES string of the molecule is COCCCNC(=O)c1cncc(C(=O)NCCC2=CCCCC2)c1. The quantitative estimate of drug-likeness (QED) is 0.532. The fourth-order valence-corrected chi connectivity index (χ4v) is 2.78. The lowest BCUT2D eigenvalue weighted by Crippen LogP contribution is -2.27. The zero-order valence-corrected chi connectivity index (χ0v) is 14.8. The Bertz CT molecular complexity index is 614. The van der Waals surface area contributed by atoms with E-state index in [0.717, 1.165) is 25.7 Å². The van der Waals surface area contributed by atoms with Gasteiger partial charge in [-0.1, -0.05) is 11.6 Å². The number of ether oxygens (including phenoxy) is 1. The van der Waals surface area contributed by atoms with Gasteiger partial charge in [0.25, 0.3) is 11.8 Å². The van der Waals surface area contributed by atoms with Gasteiger partial charge in [-0.15, -0.1) is 0 Å². The van der Waals surface area contributed by atoms with Crippen LogP contribution in [0, 0.1) is 0 Å². The summed E-state index contributed by atoms with van der Waals surface area (Å²) in [6.07, 6.45) is 11.7. The van der Waals surface area contributed by atoms with Crippen molar-refractivity contribution < 1.29 is 14.3 Å². The molecule has 0 atom stereocenters. The number of carbonyl (C=O) groups is 2. The van der Waals surface area contributed by atoms with Gasteiger partial charge < -0.3 is 15.4 Å². The van der Waals surface area contributed by atoms with Crippen molar-refractivity contribution in [1.29, 1.82) is 0 Å². The van der Waals surface area contributed by atoms with Gasteiger partial charge in [-0.2, -0.15) is 0 Å². The first-order valence-corrected chi connectivity index (χ1v) is 8.89. The normalized spacial score (nSPS) is 13.9. The highest BCUT2D eigenvalue weighted by molar-refractivity contribution is 5.99. The second kappa shape index (κ2) is 10.6. The van der Waals surface area contributed by atoms with Crippen LogP contribution in [-0.4, -0.2) is 43.6 Å². The molecule has 2 N–H and O–H groups in total. The third-order valence-corrected chi connectivity index (χ3v) is 4.19. The van der Waals surface area contributed by atoms with Crippen LogP contribution in [0.15, 0.2) is 30.1 Å². The van der Waals surface area contributed by atoms with Crippen LogP contribution < -0.4 is 10.6 Å². The summed E-state index contributed by atoms with van der Waals surface area (Å²) in [5, 5.41) is 5.69. The maximum atomic E-state index is 12.2. The summed E-state index contributed by atoms with van der Waals surface area (Å²) in [7, 11) is 1.62. The number of nitrogens with zero attached hydrogens (tertiary/aromatic N) is 1. The predicted octanol–water partition coefficient (Wildman–Crippen LogP) is 2.47. The molecule has 6 heteroatoms. The first-order chi connectivity index (χ1) is 12.2. The first-order valence-electron chi connectivity index (χ1n) is 8.89. The molecule has 1 aromatic heterocycles. The highest BCUT2D eigenvalue weighted by Crippen LogP contribution is 2.19. The first kappa shape index (κ1) is 19.1. The zero-order chi connectivity index (χ0) is 17.9. The van der Waals surface area contributed by atoms with Gasteiger partial charge in [-0.05, 0) is 44.6 Å². The van der Waals surface area contributed by atoms with Gasteiger partial charge in [-0.3, -0.25) is 14.6 Å². The topological polar surface area (TPSA) is 80.3 Å². The molecular weight excluding hydrogens is 318 g/mol. The van der Waals surface area contributed by atoms with Crippen molar-refractivity contribution in [2.75, 3.05) is 26.8 Å². The largest absolute Gasteiger partial charge is 0.385 e. The smallest absolute Gasteiger partial charge is 0.252 e. The molecular formula is C19H27N3O3. The van der Waals surface area contributed by atoms with Crippen molar-refractivity contribution in [2.24, 2.45) is 0 Å². The van der Waals surface area contributed by atoms with Gasteiger partial charge in [0.15, 0.2) is 0 Å². The van der Waals surface area contributed by atoms with Crippen molar-refractivity contribution in [3.8, 4) is 0 Å². The van der Waals surface area contributed by atoms with Crippen LogP contribution in [0.1, 0.15) is 59.2 Å². The monoisotopic (exact) mass is 345 g/mol. The van der Waals surface area contributed by atoms with Crippen molar-refractivity contribution >= 4 is 11.8 Å². The second-order valence-electron chi connectivity index (χ2n) is 6.18. The third kappa shape index (κ3) is 6.66. The summed E-state index contributed by atoms with van der Waals surface area (Å²) in [4.78, 5) is 28.3. The molecule has 1 aliphatic rings. The Labute approximate surface area is 149 Å². The minimum atomic E-state index is -0.231. The molecule has 6 nitrogen and oxygen atoms in total. The van der Waals surface area contributed by atoms with E-state index < -0.39 is 0 Å². The number of hydrogen-bond acceptors (Lipinski definition) is 4. The zero-order valence-electron chi connectivity index (χ0n) is 14.8. The van der Waals surface area contributed by atoms with Crippen molar-refractivity contribution in [3.63, 3.8) is 0 Å². The second-order valence-corrected chi connectivity index (χ2v) is 6.18. The van der Waals surface area contributed by atoms with Gasteiger partial charge in [0.1, 0.15) is 0 Å². The summed E-state index contributed by atoms with van der Waals surface area (Å²) in [6.45, 7) is 1.73. The average Bonchev–Trinajstić information content (AvgIpc) is 2.66. The van der Waals surface area contributed by atoms with Crippen LogP contribution >= 0.6 is 0 Å². The van der Waals surface area contributed by atoms with E-state index in [2.05, 4.69) is 21.7 Å². The molecule has 2 rings (SSSR count). The van der Waals surface area contributed by atoms with Gasteiger partial charge in [0.05, 0.1) is 11.1 Å². The third-order valence-electron chi connectivity index (χ3n) is 4.19. The van der Waals surface area contributed by atoms with Crippen LogP contribution in [-0.2, 0) is 4.74 Å². The minimum absolute atomic E-state index is 0.196. The molecule has 2 amide bonds. The van der Waals surface area contributed by atoms with Gasteiger partial charge in [0.2, 0.25) is 0 Å². The Morgan fingerprint density at radius 1 is 1.12 bits per heavy atom. The van der Waals surface area contributed by atoms with Crippen molar-refractivity contribution in [3.05, 3.63) is 41.2 Å². The Morgan fingerprint density at radius 2 is 1.84 bits per heavy atom. The highest BCUT2D eigenvalue weighted by atomic mass is 16.5. The summed E-state index contributed by atoms with van der Waals surface area (Å²) >= 11 is 0. The number of allylic oxidation sites excluding steroid dienone is 1. The average molecular weight is 345 g/mol. The molecule has 0 bridgehead atoms. The van der Waals surface area contributed by atoms with E-state index in [1.165, 1.54) is 30.8 Å². The molecule has 1 heterocycles. The van der Waals surface area contributed by atoms with E-state index in [1.54, 1.807) is 13.2 Å². The van der Waals surface area contributed by atoms with E-state index in [4.69, 9.17) is 4.74 Å². The fourth-order valence-electron chi connectivity index (χ4n) is 2.78. The van der Waals surface area contributed by atoms with Crippen LogP contribution in [0.5, 0.6) is 0 Å². The maximum Gasteiger partial charge on any atom is 0.252 e.